The van der Waals surface area contributed by atoms with Crippen molar-refractivity contribution in [1.82, 2.24) is 10.2 Å². The number of nitrogens with zero attached hydrogens (tertiary/aromatic N) is 1. The van der Waals surface area contributed by atoms with E-state index in [1.807, 2.05) is 43.3 Å². The van der Waals surface area contributed by atoms with E-state index in [0.29, 0.717) is 51.5 Å². The summed E-state index contributed by atoms with van der Waals surface area (Å²) in [5, 5.41) is 5.69. The molecule has 222 valence electrons. The highest BCUT2D eigenvalue weighted by Gasteiger charge is 2.39. The Kier molecular flexibility index (Phi) is 11.5. The molecule has 1 saturated heterocycles. The SMILES string of the molecule is CC(N)c1cccc(OCCCCCOCCCOCCNc2cccc3c2CN(C2CCC(=O)NC2=O)C3=O)c1. The minimum absolute atomic E-state index is 0.00241. The number of hydrogen-bond acceptors (Lipinski definition) is 8. The van der Waals surface area contributed by atoms with E-state index >= 15 is 0 Å². The van der Waals surface area contributed by atoms with Crippen LogP contribution in [0.1, 0.15) is 73.0 Å². The van der Waals surface area contributed by atoms with Crippen molar-refractivity contribution in [2.45, 2.75) is 64.1 Å². The molecule has 2 aliphatic rings. The smallest absolute Gasteiger partial charge is 0.255 e. The molecule has 3 amide bonds. The minimum Gasteiger partial charge on any atom is -0.494 e. The Morgan fingerprint density at radius 1 is 0.976 bits per heavy atom. The predicted molar refractivity (Wildman–Crippen MR) is 156 cm³/mol. The number of fused-ring (bicyclic) bond motifs is 1. The molecule has 0 radical (unpaired) electrons. The van der Waals surface area contributed by atoms with Gasteiger partial charge in [0.25, 0.3) is 5.91 Å². The van der Waals surface area contributed by atoms with Crippen LogP contribution in [0.2, 0.25) is 0 Å². The summed E-state index contributed by atoms with van der Waals surface area (Å²) in [6, 6.07) is 12.9. The number of unbranched alkanes of at least 4 members (excludes halogenated alkanes) is 2. The van der Waals surface area contributed by atoms with Gasteiger partial charge in [-0.15, -0.1) is 0 Å². The standard InChI is InChI=1S/C31H42N4O6/c1-22(32)23-8-5-9-24(20-23)41-18-4-2-3-15-39-16-7-17-40-19-14-33-27-11-6-10-25-26(27)21-35(31(25)38)28-12-13-29(36)34-30(28)37/h5-6,8-11,20,22,28,33H,2-4,7,12-19,21,32H2,1H3,(H,34,36,37). The van der Waals surface area contributed by atoms with Gasteiger partial charge in [0, 0.05) is 62.2 Å². The van der Waals surface area contributed by atoms with Gasteiger partial charge >= 0.3 is 0 Å². The van der Waals surface area contributed by atoms with Crippen LogP contribution < -0.4 is 21.1 Å². The van der Waals surface area contributed by atoms with Gasteiger partial charge in [-0.1, -0.05) is 18.2 Å². The lowest BCUT2D eigenvalue weighted by atomic mass is 10.0. The van der Waals surface area contributed by atoms with Crippen molar-refractivity contribution in [2.24, 2.45) is 5.73 Å². The number of rotatable bonds is 17. The van der Waals surface area contributed by atoms with E-state index in [1.165, 1.54) is 0 Å². The van der Waals surface area contributed by atoms with Crippen LogP contribution in [0.15, 0.2) is 42.5 Å². The maximum absolute atomic E-state index is 12.9. The van der Waals surface area contributed by atoms with Crippen molar-refractivity contribution in [3.63, 3.8) is 0 Å². The quantitative estimate of drug-likeness (QED) is 0.196. The second kappa shape index (κ2) is 15.5. The van der Waals surface area contributed by atoms with E-state index in [-0.39, 0.29) is 24.3 Å². The summed E-state index contributed by atoms with van der Waals surface area (Å²) < 4.78 is 17.3. The summed E-state index contributed by atoms with van der Waals surface area (Å²) in [6.07, 6.45) is 4.45. The third kappa shape index (κ3) is 8.76. The highest BCUT2D eigenvalue weighted by Crippen LogP contribution is 2.32. The molecule has 41 heavy (non-hydrogen) atoms. The average Bonchev–Trinajstić information content (AvgIpc) is 3.30. The molecule has 10 heteroatoms. The lowest BCUT2D eigenvalue weighted by Gasteiger charge is -2.29. The topological polar surface area (TPSA) is 132 Å². The molecule has 2 aromatic rings. The molecule has 0 aromatic heterocycles. The first-order valence-electron chi connectivity index (χ1n) is 14.6. The van der Waals surface area contributed by atoms with Crippen molar-refractivity contribution in [1.29, 1.82) is 0 Å². The van der Waals surface area contributed by atoms with Gasteiger partial charge in [0.2, 0.25) is 11.8 Å². The van der Waals surface area contributed by atoms with E-state index < -0.39 is 11.9 Å². The van der Waals surface area contributed by atoms with Crippen LogP contribution in [0, 0.1) is 0 Å². The number of carbonyl (C=O) groups is 3. The summed E-state index contributed by atoms with van der Waals surface area (Å²) in [7, 11) is 0. The maximum atomic E-state index is 12.9. The van der Waals surface area contributed by atoms with Crippen LogP contribution >= 0.6 is 0 Å². The van der Waals surface area contributed by atoms with Gasteiger partial charge in [-0.25, -0.2) is 0 Å². The lowest BCUT2D eigenvalue weighted by Crippen LogP contribution is -2.52. The number of nitrogens with two attached hydrogens (primary N) is 1. The molecule has 1 fully saturated rings. The van der Waals surface area contributed by atoms with Gasteiger partial charge in [-0.3, -0.25) is 19.7 Å². The monoisotopic (exact) mass is 566 g/mol. The summed E-state index contributed by atoms with van der Waals surface area (Å²) >= 11 is 0. The molecule has 0 aliphatic carbocycles. The maximum Gasteiger partial charge on any atom is 0.255 e. The molecule has 2 aromatic carbocycles. The fourth-order valence-electron chi connectivity index (χ4n) is 5.04. The molecular formula is C31H42N4O6. The Bertz CT molecular complexity index is 1190. The number of imide groups is 1. The Labute approximate surface area is 241 Å². The summed E-state index contributed by atoms with van der Waals surface area (Å²) in [4.78, 5) is 38.3. The first-order chi connectivity index (χ1) is 19.9. The highest BCUT2D eigenvalue weighted by atomic mass is 16.5. The van der Waals surface area contributed by atoms with Crippen molar-refractivity contribution >= 4 is 23.4 Å². The average molecular weight is 567 g/mol. The van der Waals surface area contributed by atoms with Crippen molar-refractivity contribution in [3.05, 3.63) is 59.2 Å². The lowest BCUT2D eigenvalue weighted by molar-refractivity contribution is -0.136. The van der Waals surface area contributed by atoms with E-state index in [9.17, 15) is 14.4 Å². The van der Waals surface area contributed by atoms with Gasteiger partial charge in [0.15, 0.2) is 0 Å². The van der Waals surface area contributed by atoms with E-state index in [2.05, 4.69) is 10.6 Å². The number of benzene rings is 2. The van der Waals surface area contributed by atoms with Crippen LogP contribution in [0.5, 0.6) is 5.75 Å². The molecular weight excluding hydrogens is 524 g/mol. The Morgan fingerprint density at radius 2 is 1.73 bits per heavy atom. The van der Waals surface area contributed by atoms with Crippen LogP contribution in [-0.2, 0) is 25.6 Å². The number of anilines is 1. The van der Waals surface area contributed by atoms with Crippen LogP contribution in [-0.4, -0.2) is 68.2 Å². The molecule has 10 nitrogen and oxygen atoms in total. The molecule has 4 rings (SSSR count). The van der Waals surface area contributed by atoms with Gasteiger partial charge in [-0.2, -0.15) is 0 Å². The Morgan fingerprint density at radius 3 is 2.54 bits per heavy atom. The van der Waals surface area contributed by atoms with Crippen molar-refractivity contribution in [3.8, 4) is 5.75 Å². The Hall–Kier alpha value is -3.47. The summed E-state index contributed by atoms with van der Waals surface area (Å²) in [5.74, 6) is -0.00177. The Balaban J connectivity index is 1.02. The summed E-state index contributed by atoms with van der Waals surface area (Å²) in [6.45, 7) is 6.13. The van der Waals surface area contributed by atoms with Crippen LogP contribution in [0.25, 0.3) is 0 Å². The van der Waals surface area contributed by atoms with Crippen LogP contribution in [0.4, 0.5) is 5.69 Å². The van der Waals surface area contributed by atoms with Gasteiger partial charge in [-0.05, 0) is 68.9 Å². The van der Waals surface area contributed by atoms with Gasteiger partial charge in [0.1, 0.15) is 11.8 Å². The van der Waals surface area contributed by atoms with E-state index in [4.69, 9.17) is 19.9 Å². The normalized spacial score (nSPS) is 17.4. The fourth-order valence-corrected chi connectivity index (χ4v) is 5.04. The number of amides is 3. The van der Waals surface area contributed by atoms with Gasteiger partial charge < -0.3 is 30.2 Å². The second-order valence-corrected chi connectivity index (χ2v) is 10.5. The summed E-state index contributed by atoms with van der Waals surface area (Å²) in [5.41, 5.74) is 9.33. The van der Waals surface area contributed by atoms with Gasteiger partial charge in [0.05, 0.1) is 13.2 Å². The predicted octanol–water partition coefficient (Wildman–Crippen LogP) is 3.55. The highest BCUT2D eigenvalue weighted by molar-refractivity contribution is 6.06. The number of carbonyl (C=O) groups excluding carboxylic acids is 3. The molecule has 2 unspecified atom stereocenters. The molecule has 2 aliphatic heterocycles. The molecule has 4 N–H and O–H groups in total. The zero-order chi connectivity index (χ0) is 29.0. The number of ether oxygens (including phenoxy) is 3. The first kappa shape index (κ1) is 30.5. The number of piperidine rings is 1. The molecule has 0 bridgehead atoms. The van der Waals surface area contributed by atoms with Crippen molar-refractivity contribution in [2.75, 3.05) is 44.9 Å². The first-order valence-corrected chi connectivity index (χ1v) is 14.6. The van der Waals surface area contributed by atoms with E-state index in [0.717, 1.165) is 54.9 Å². The van der Waals surface area contributed by atoms with Crippen LogP contribution in [0.3, 0.4) is 0 Å². The second-order valence-electron chi connectivity index (χ2n) is 10.5. The zero-order valence-electron chi connectivity index (χ0n) is 23.9. The molecule has 0 saturated carbocycles. The largest absolute Gasteiger partial charge is 0.494 e. The number of nitrogens with one attached hydrogen (secondary N) is 2. The fraction of sp³-hybridized carbons (Fsp3) is 0.516. The molecule has 2 heterocycles. The number of hydrogen-bond donors (Lipinski definition) is 3. The molecule has 0 spiro atoms. The third-order valence-corrected chi connectivity index (χ3v) is 7.31. The van der Waals surface area contributed by atoms with E-state index in [1.54, 1.807) is 11.0 Å². The van der Waals surface area contributed by atoms with Crippen molar-refractivity contribution < 1.29 is 28.6 Å². The third-order valence-electron chi connectivity index (χ3n) is 7.31. The minimum atomic E-state index is -0.617. The molecule has 2 atom stereocenters. The zero-order valence-corrected chi connectivity index (χ0v) is 23.9.